The van der Waals surface area contributed by atoms with E-state index in [0.29, 0.717) is 35.2 Å². The van der Waals surface area contributed by atoms with Crippen molar-refractivity contribution in [3.05, 3.63) is 128 Å². The number of esters is 1. The molecule has 1 aliphatic carbocycles. The van der Waals surface area contributed by atoms with Gasteiger partial charge in [0, 0.05) is 47.9 Å². The van der Waals surface area contributed by atoms with Crippen LogP contribution in [-0.2, 0) is 20.7 Å². The van der Waals surface area contributed by atoms with E-state index >= 15 is 0 Å². The molecule has 5 rings (SSSR count). The fraction of sp³-hybridized carbons (Fsp3) is 0.250. The number of carbonyl (C=O) groups is 2. The summed E-state index contributed by atoms with van der Waals surface area (Å²) < 4.78 is 11.0. The van der Waals surface area contributed by atoms with Gasteiger partial charge < -0.3 is 14.8 Å². The molecule has 0 aromatic heterocycles. The monoisotopic (exact) mass is 538 g/mol. The Morgan fingerprint density at radius 3 is 2.45 bits per heavy atom. The molecule has 0 saturated heterocycles. The summed E-state index contributed by atoms with van der Waals surface area (Å²) in [6, 6.07) is 23.5. The minimum atomic E-state index is -0.773. The molecule has 3 aromatic carbocycles. The molecule has 2 unspecified atom stereocenters. The maximum Gasteiger partial charge on any atom is 0.336 e. The molecule has 1 aliphatic heterocycles. The van der Waals surface area contributed by atoms with Crippen molar-refractivity contribution >= 4 is 17.4 Å². The molecule has 8 nitrogen and oxygen atoms in total. The van der Waals surface area contributed by atoms with Crippen molar-refractivity contribution in [3.8, 4) is 5.75 Å². The zero-order valence-corrected chi connectivity index (χ0v) is 22.4. The highest BCUT2D eigenvalue weighted by atomic mass is 16.6. The lowest BCUT2D eigenvalue weighted by Crippen LogP contribution is -2.36. The Balaban J connectivity index is 1.49. The van der Waals surface area contributed by atoms with Gasteiger partial charge in [-0.2, -0.15) is 0 Å². The lowest BCUT2D eigenvalue weighted by molar-refractivity contribution is -0.384. The molecule has 204 valence electrons. The first kappa shape index (κ1) is 26.9. The van der Waals surface area contributed by atoms with Crippen molar-refractivity contribution in [2.45, 2.75) is 38.0 Å². The van der Waals surface area contributed by atoms with Gasteiger partial charge in [-0.1, -0.05) is 54.6 Å². The van der Waals surface area contributed by atoms with Crippen LogP contribution in [0.4, 0.5) is 5.69 Å². The second-order valence-corrected chi connectivity index (χ2v) is 10.0. The Bertz CT molecular complexity index is 1510. The standard InChI is InChI=1S/C32H30N2O6/c1-20-29(32(36)40-16-15-21-7-4-3-5-8-21)30(23-9-6-10-25(17-23)34(37)38)31-27(33-20)18-24(19-28(31)35)22-11-13-26(39-2)14-12-22/h3-14,17,24,30,33H,15-16,18-19H2,1-2H3. The highest BCUT2D eigenvalue weighted by Gasteiger charge is 2.41. The number of non-ortho nitro benzene ring substituents is 1. The van der Waals surface area contributed by atoms with Crippen molar-refractivity contribution in [1.82, 2.24) is 5.32 Å². The second kappa shape index (κ2) is 11.6. The molecular formula is C32H30N2O6. The van der Waals surface area contributed by atoms with Gasteiger partial charge in [-0.25, -0.2) is 4.79 Å². The molecule has 0 saturated carbocycles. The minimum absolute atomic E-state index is 0.0532. The van der Waals surface area contributed by atoms with Crippen LogP contribution in [0, 0.1) is 10.1 Å². The number of nitro benzene ring substituents is 1. The maximum atomic E-state index is 13.8. The fourth-order valence-corrected chi connectivity index (χ4v) is 5.56. The topological polar surface area (TPSA) is 108 Å². The number of ketones is 1. The first-order chi connectivity index (χ1) is 19.4. The van der Waals surface area contributed by atoms with Gasteiger partial charge in [0.2, 0.25) is 0 Å². The third kappa shape index (κ3) is 5.52. The van der Waals surface area contributed by atoms with Crippen LogP contribution in [0.2, 0.25) is 0 Å². The van der Waals surface area contributed by atoms with E-state index in [2.05, 4.69) is 5.32 Å². The molecule has 8 heteroatoms. The first-order valence-corrected chi connectivity index (χ1v) is 13.2. The van der Waals surface area contributed by atoms with Gasteiger partial charge in [-0.3, -0.25) is 14.9 Å². The zero-order chi connectivity index (χ0) is 28.2. The summed E-state index contributed by atoms with van der Waals surface area (Å²) in [5, 5.41) is 14.9. The Morgan fingerprint density at radius 1 is 1.00 bits per heavy atom. The number of dihydropyridines is 1. The SMILES string of the molecule is COc1ccc(C2CC(=O)C3=C(C2)NC(C)=C(C(=O)OCCc2ccccc2)C3c2cccc([N+](=O)[O-])c2)cc1. The number of nitrogens with zero attached hydrogens (tertiary/aromatic N) is 1. The lowest BCUT2D eigenvalue weighted by atomic mass is 9.71. The number of carbonyl (C=O) groups excluding carboxylic acids is 2. The molecule has 2 atom stereocenters. The molecule has 1 N–H and O–H groups in total. The highest BCUT2D eigenvalue weighted by molar-refractivity contribution is 6.04. The van der Waals surface area contributed by atoms with Gasteiger partial charge in [0.15, 0.2) is 5.78 Å². The molecule has 0 radical (unpaired) electrons. The summed E-state index contributed by atoms with van der Waals surface area (Å²) in [7, 11) is 1.61. The summed E-state index contributed by atoms with van der Waals surface area (Å²) in [6.07, 6.45) is 1.37. The number of hydrogen-bond donors (Lipinski definition) is 1. The van der Waals surface area contributed by atoms with Crippen LogP contribution < -0.4 is 10.1 Å². The van der Waals surface area contributed by atoms with Gasteiger partial charge in [0.25, 0.3) is 5.69 Å². The Morgan fingerprint density at radius 2 is 1.75 bits per heavy atom. The summed E-state index contributed by atoms with van der Waals surface area (Å²) in [5.41, 5.74) is 4.52. The van der Waals surface area contributed by atoms with E-state index in [4.69, 9.17) is 9.47 Å². The number of rotatable bonds is 8. The first-order valence-electron chi connectivity index (χ1n) is 13.2. The summed E-state index contributed by atoms with van der Waals surface area (Å²) in [5.74, 6) is -0.740. The van der Waals surface area contributed by atoms with Crippen LogP contribution in [0.25, 0.3) is 0 Å². The average Bonchev–Trinajstić information content (AvgIpc) is 2.97. The number of benzene rings is 3. The second-order valence-electron chi connectivity index (χ2n) is 10.0. The molecule has 40 heavy (non-hydrogen) atoms. The summed E-state index contributed by atoms with van der Waals surface area (Å²) in [4.78, 5) is 38.4. The Labute approximate surface area is 232 Å². The van der Waals surface area contributed by atoms with E-state index in [1.165, 1.54) is 12.1 Å². The predicted molar refractivity (Wildman–Crippen MR) is 150 cm³/mol. The van der Waals surface area contributed by atoms with Gasteiger partial charge in [0.1, 0.15) is 5.75 Å². The Kier molecular flexibility index (Phi) is 7.77. The van der Waals surface area contributed by atoms with Gasteiger partial charge in [0.05, 0.1) is 24.2 Å². The zero-order valence-electron chi connectivity index (χ0n) is 22.4. The van der Waals surface area contributed by atoms with Crippen LogP contribution >= 0.6 is 0 Å². The van der Waals surface area contributed by atoms with Crippen LogP contribution in [0.1, 0.15) is 48.3 Å². The molecule has 1 heterocycles. The smallest absolute Gasteiger partial charge is 0.336 e. The summed E-state index contributed by atoms with van der Waals surface area (Å²) in [6.45, 7) is 1.95. The number of allylic oxidation sites excluding steroid dienone is 3. The third-order valence-electron chi connectivity index (χ3n) is 7.52. The van der Waals surface area contributed by atoms with E-state index < -0.39 is 16.8 Å². The number of ether oxygens (including phenoxy) is 2. The van der Waals surface area contributed by atoms with Gasteiger partial charge in [-0.05, 0) is 48.1 Å². The van der Waals surface area contributed by atoms with Crippen molar-refractivity contribution in [3.63, 3.8) is 0 Å². The fourth-order valence-electron chi connectivity index (χ4n) is 5.56. The average molecular weight is 539 g/mol. The molecule has 0 fully saturated rings. The van der Waals surface area contributed by atoms with Crippen LogP contribution in [0.3, 0.4) is 0 Å². The van der Waals surface area contributed by atoms with Crippen LogP contribution in [0.5, 0.6) is 5.75 Å². The van der Waals surface area contributed by atoms with Crippen molar-refractivity contribution < 1.29 is 24.0 Å². The van der Waals surface area contributed by atoms with Crippen molar-refractivity contribution in [2.24, 2.45) is 0 Å². The number of Topliss-reactive ketones (excluding diaryl/α,β-unsaturated/α-hetero) is 1. The third-order valence-corrected chi connectivity index (χ3v) is 7.52. The molecule has 0 spiro atoms. The van der Waals surface area contributed by atoms with E-state index in [0.717, 1.165) is 22.6 Å². The molecule has 0 bridgehead atoms. The van der Waals surface area contributed by atoms with E-state index in [1.807, 2.05) is 54.6 Å². The van der Waals surface area contributed by atoms with E-state index in [-0.39, 0.29) is 30.4 Å². The number of nitrogens with one attached hydrogen (secondary N) is 1. The molecule has 3 aromatic rings. The number of hydrogen-bond acceptors (Lipinski definition) is 7. The highest BCUT2D eigenvalue weighted by Crippen LogP contribution is 2.46. The molecular weight excluding hydrogens is 508 g/mol. The number of nitro groups is 1. The van der Waals surface area contributed by atoms with Crippen LogP contribution in [-0.4, -0.2) is 30.4 Å². The quantitative estimate of drug-likeness (QED) is 0.221. The normalized spacial score (nSPS) is 18.6. The molecule has 0 amide bonds. The number of methoxy groups -OCH3 is 1. The van der Waals surface area contributed by atoms with Gasteiger partial charge in [-0.15, -0.1) is 0 Å². The van der Waals surface area contributed by atoms with E-state index in [1.54, 1.807) is 26.2 Å². The van der Waals surface area contributed by atoms with E-state index in [9.17, 15) is 19.7 Å². The maximum absolute atomic E-state index is 13.8. The summed E-state index contributed by atoms with van der Waals surface area (Å²) >= 11 is 0. The largest absolute Gasteiger partial charge is 0.497 e. The molecule has 2 aliphatic rings. The van der Waals surface area contributed by atoms with Crippen molar-refractivity contribution in [2.75, 3.05) is 13.7 Å². The minimum Gasteiger partial charge on any atom is -0.497 e. The lowest BCUT2D eigenvalue weighted by Gasteiger charge is -2.36. The predicted octanol–water partition coefficient (Wildman–Crippen LogP) is 5.75. The Hall–Kier alpha value is -4.72. The van der Waals surface area contributed by atoms with Gasteiger partial charge >= 0.3 is 5.97 Å². The van der Waals surface area contributed by atoms with Crippen LogP contribution in [0.15, 0.2) is 101 Å². The van der Waals surface area contributed by atoms with Crippen molar-refractivity contribution in [1.29, 1.82) is 0 Å².